The summed E-state index contributed by atoms with van der Waals surface area (Å²) in [6, 6.07) is 7.55. The van der Waals surface area contributed by atoms with E-state index < -0.39 is 0 Å². The summed E-state index contributed by atoms with van der Waals surface area (Å²) in [6.07, 6.45) is 0.494. The molecule has 2 atom stereocenters. The van der Waals surface area contributed by atoms with Gasteiger partial charge in [-0.3, -0.25) is 9.47 Å². The number of benzene rings is 1. The van der Waals surface area contributed by atoms with Gasteiger partial charge in [0.25, 0.3) is 0 Å². The van der Waals surface area contributed by atoms with Crippen molar-refractivity contribution in [3.05, 3.63) is 34.8 Å². The maximum atomic E-state index is 11.9. The number of oxazole rings is 1. The Kier molecular flexibility index (Phi) is 3.63. The van der Waals surface area contributed by atoms with Crippen LogP contribution in [0.2, 0.25) is 0 Å². The van der Waals surface area contributed by atoms with E-state index in [9.17, 15) is 4.79 Å². The van der Waals surface area contributed by atoms with Crippen molar-refractivity contribution in [2.45, 2.75) is 32.6 Å². The Labute approximate surface area is 117 Å². The first kappa shape index (κ1) is 13.4. The lowest BCUT2D eigenvalue weighted by molar-refractivity contribution is -0.0685. The standard InChI is InChI=1S/C15H20N2O3/c1-11-9-16(10-12(2)19-11)7-8-17-13-5-3-4-6-14(13)20-15(17)18/h3-6,11-12H,7-10H2,1-2H3/t11-,12-/m1/s1. The summed E-state index contributed by atoms with van der Waals surface area (Å²) in [5, 5.41) is 0. The second-order valence-electron chi connectivity index (χ2n) is 5.50. The fourth-order valence-electron chi connectivity index (χ4n) is 2.93. The van der Waals surface area contributed by atoms with Gasteiger partial charge in [0, 0.05) is 26.2 Å². The minimum Gasteiger partial charge on any atom is -0.408 e. The van der Waals surface area contributed by atoms with Gasteiger partial charge in [-0.05, 0) is 26.0 Å². The van der Waals surface area contributed by atoms with Gasteiger partial charge in [0.05, 0.1) is 17.7 Å². The van der Waals surface area contributed by atoms with Crippen molar-refractivity contribution in [3.8, 4) is 0 Å². The van der Waals surface area contributed by atoms with Gasteiger partial charge in [0.15, 0.2) is 5.58 Å². The third-order valence-corrected chi connectivity index (χ3v) is 3.71. The third-order valence-electron chi connectivity index (χ3n) is 3.71. The molecule has 0 aliphatic carbocycles. The minimum absolute atomic E-state index is 0.247. The Balaban J connectivity index is 1.74. The molecule has 0 amide bonds. The molecule has 0 saturated carbocycles. The Morgan fingerprint density at radius 3 is 2.60 bits per heavy atom. The number of fused-ring (bicyclic) bond motifs is 1. The van der Waals surface area contributed by atoms with Crippen molar-refractivity contribution in [1.29, 1.82) is 0 Å². The van der Waals surface area contributed by atoms with E-state index >= 15 is 0 Å². The molecular weight excluding hydrogens is 256 g/mol. The lowest BCUT2D eigenvalue weighted by Crippen LogP contribution is -2.46. The molecule has 0 bridgehead atoms. The number of para-hydroxylation sites is 2. The summed E-state index contributed by atoms with van der Waals surface area (Å²) in [7, 11) is 0. The smallest absolute Gasteiger partial charge is 0.408 e. The van der Waals surface area contributed by atoms with Crippen LogP contribution in [0.1, 0.15) is 13.8 Å². The van der Waals surface area contributed by atoms with Gasteiger partial charge in [-0.15, -0.1) is 0 Å². The first-order chi connectivity index (χ1) is 9.63. The Morgan fingerprint density at radius 1 is 1.15 bits per heavy atom. The van der Waals surface area contributed by atoms with Crippen molar-refractivity contribution in [1.82, 2.24) is 9.47 Å². The zero-order valence-electron chi connectivity index (χ0n) is 11.9. The van der Waals surface area contributed by atoms with Crippen LogP contribution in [0, 0.1) is 0 Å². The van der Waals surface area contributed by atoms with E-state index in [0.717, 1.165) is 25.2 Å². The molecule has 108 valence electrons. The van der Waals surface area contributed by atoms with Gasteiger partial charge in [0.2, 0.25) is 0 Å². The van der Waals surface area contributed by atoms with Crippen LogP contribution >= 0.6 is 0 Å². The Hall–Kier alpha value is -1.59. The molecule has 2 heterocycles. The Bertz CT molecular complexity index is 636. The van der Waals surface area contributed by atoms with E-state index in [1.807, 2.05) is 24.3 Å². The quantitative estimate of drug-likeness (QED) is 0.856. The zero-order chi connectivity index (χ0) is 14.1. The molecule has 1 fully saturated rings. The Morgan fingerprint density at radius 2 is 1.85 bits per heavy atom. The van der Waals surface area contributed by atoms with E-state index in [1.165, 1.54) is 0 Å². The van der Waals surface area contributed by atoms with Gasteiger partial charge >= 0.3 is 5.76 Å². The van der Waals surface area contributed by atoms with Crippen LogP contribution in [0.5, 0.6) is 0 Å². The molecule has 5 heteroatoms. The first-order valence-corrected chi connectivity index (χ1v) is 7.09. The van der Waals surface area contributed by atoms with Crippen molar-refractivity contribution in [2.24, 2.45) is 0 Å². The van der Waals surface area contributed by atoms with Gasteiger partial charge in [0.1, 0.15) is 0 Å². The average Bonchev–Trinajstić information content (AvgIpc) is 2.71. The van der Waals surface area contributed by atoms with Crippen LogP contribution < -0.4 is 5.76 Å². The molecule has 5 nitrogen and oxygen atoms in total. The van der Waals surface area contributed by atoms with E-state index in [0.29, 0.717) is 12.1 Å². The van der Waals surface area contributed by atoms with Crippen LogP contribution in [0.3, 0.4) is 0 Å². The van der Waals surface area contributed by atoms with E-state index in [2.05, 4.69) is 18.7 Å². The summed E-state index contributed by atoms with van der Waals surface area (Å²) < 4.78 is 12.7. The summed E-state index contributed by atoms with van der Waals surface area (Å²) in [6.45, 7) is 7.48. The monoisotopic (exact) mass is 276 g/mol. The third kappa shape index (κ3) is 2.64. The average molecular weight is 276 g/mol. The summed E-state index contributed by atoms with van der Waals surface area (Å²) >= 11 is 0. The molecule has 0 radical (unpaired) electrons. The molecule has 2 aromatic rings. The number of morpholine rings is 1. The fourth-order valence-corrected chi connectivity index (χ4v) is 2.93. The molecule has 3 rings (SSSR count). The van der Waals surface area contributed by atoms with Gasteiger partial charge in [-0.25, -0.2) is 4.79 Å². The molecule has 0 unspecified atom stereocenters. The molecule has 1 aromatic heterocycles. The predicted octanol–water partition coefficient (Wildman–Crippen LogP) is 1.70. The first-order valence-electron chi connectivity index (χ1n) is 7.09. The molecule has 1 aromatic carbocycles. The molecular formula is C15H20N2O3. The maximum absolute atomic E-state index is 11.9. The van der Waals surface area contributed by atoms with E-state index in [4.69, 9.17) is 9.15 Å². The van der Waals surface area contributed by atoms with Crippen molar-refractivity contribution < 1.29 is 9.15 Å². The topological polar surface area (TPSA) is 47.6 Å². The lowest BCUT2D eigenvalue weighted by Gasteiger charge is -2.35. The highest BCUT2D eigenvalue weighted by Gasteiger charge is 2.22. The number of hydrogen-bond donors (Lipinski definition) is 0. The summed E-state index contributed by atoms with van der Waals surface area (Å²) in [5.74, 6) is -0.277. The molecule has 1 saturated heterocycles. The summed E-state index contributed by atoms with van der Waals surface area (Å²) in [5.41, 5.74) is 1.52. The normalized spacial score (nSPS) is 24.3. The van der Waals surface area contributed by atoms with Gasteiger partial charge in [-0.2, -0.15) is 0 Å². The van der Waals surface area contributed by atoms with Crippen LogP contribution in [-0.4, -0.2) is 41.3 Å². The molecule has 1 aliphatic rings. The van der Waals surface area contributed by atoms with Gasteiger partial charge in [-0.1, -0.05) is 12.1 Å². The van der Waals surface area contributed by atoms with Crippen LogP contribution in [0.4, 0.5) is 0 Å². The molecule has 1 aliphatic heterocycles. The van der Waals surface area contributed by atoms with Crippen LogP contribution in [0.15, 0.2) is 33.5 Å². The second-order valence-corrected chi connectivity index (χ2v) is 5.50. The number of nitrogens with zero attached hydrogens (tertiary/aromatic N) is 2. The molecule has 0 N–H and O–H groups in total. The highest BCUT2D eigenvalue weighted by Crippen LogP contribution is 2.13. The number of ether oxygens (including phenoxy) is 1. The highest BCUT2D eigenvalue weighted by molar-refractivity contribution is 5.72. The predicted molar refractivity (Wildman–Crippen MR) is 76.9 cm³/mol. The fraction of sp³-hybridized carbons (Fsp3) is 0.533. The maximum Gasteiger partial charge on any atom is 0.419 e. The number of rotatable bonds is 3. The van der Waals surface area contributed by atoms with Crippen LogP contribution in [0.25, 0.3) is 11.1 Å². The SMILES string of the molecule is C[C@@H]1CN(CCn2c(=O)oc3ccccc32)C[C@@H](C)O1. The van der Waals surface area contributed by atoms with Crippen molar-refractivity contribution >= 4 is 11.1 Å². The molecule has 20 heavy (non-hydrogen) atoms. The molecule has 0 spiro atoms. The number of aromatic nitrogens is 1. The van der Waals surface area contributed by atoms with Crippen LogP contribution in [-0.2, 0) is 11.3 Å². The van der Waals surface area contributed by atoms with E-state index in [-0.39, 0.29) is 18.0 Å². The van der Waals surface area contributed by atoms with E-state index in [1.54, 1.807) is 4.57 Å². The van der Waals surface area contributed by atoms with Gasteiger partial charge < -0.3 is 9.15 Å². The minimum atomic E-state index is -0.277. The van der Waals surface area contributed by atoms with Crippen molar-refractivity contribution in [3.63, 3.8) is 0 Å². The van der Waals surface area contributed by atoms with Crippen molar-refractivity contribution in [2.75, 3.05) is 19.6 Å². The zero-order valence-corrected chi connectivity index (χ0v) is 11.9. The number of hydrogen-bond acceptors (Lipinski definition) is 4. The lowest BCUT2D eigenvalue weighted by atomic mass is 10.2. The summed E-state index contributed by atoms with van der Waals surface area (Å²) in [4.78, 5) is 14.2. The second kappa shape index (κ2) is 5.42. The highest BCUT2D eigenvalue weighted by atomic mass is 16.5. The largest absolute Gasteiger partial charge is 0.419 e.